The predicted molar refractivity (Wildman–Crippen MR) is 77.1 cm³/mol. The highest BCUT2D eigenvalue weighted by molar-refractivity contribution is 6.25. The van der Waals surface area contributed by atoms with Gasteiger partial charge < -0.3 is 4.74 Å². The van der Waals surface area contributed by atoms with Gasteiger partial charge in [0.2, 0.25) is 0 Å². The molecule has 0 N–H and O–H groups in total. The van der Waals surface area contributed by atoms with Crippen molar-refractivity contribution in [2.24, 2.45) is 5.92 Å². The first-order valence-electron chi connectivity index (χ1n) is 6.99. The van der Waals surface area contributed by atoms with E-state index in [0.29, 0.717) is 18.4 Å². The molecular weight excluding hydrogens is 260 g/mol. The third-order valence-corrected chi connectivity index (χ3v) is 3.83. The van der Waals surface area contributed by atoms with Crippen molar-refractivity contribution in [3.63, 3.8) is 0 Å². The molecule has 1 fully saturated rings. The van der Waals surface area contributed by atoms with Crippen molar-refractivity contribution in [1.29, 1.82) is 0 Å². The summed E-state index contributed by atoms with van der Waals surface area (Å²) in [5.41, 5.74) is 2.69. The predicted octanol–water partition coefficient (Wildman–Crippen LogP) is 4.04. The van der Waals surface area contributed by atoms with E-state index in [1.54, 1.807) is 5.54 Å². The first-order chi connectivity index (χ1) is 9.33. The molecule has 0 unspecified atom stereocenters. The summed E-state index contributed by atoms with van der Waals surface area (Å²) in [6, 6.07) is 0. The van der Waals surface area contributed by atoms with Crippen LogP contribution in [0.25, 0.3) is 0 Å². The van der Waals surface area contributed by atoms with E-state index in [1.165, 1.54) is 12.8 Å². The molecule has 3 nitrogen and oxygen atoms in total. The largest absolute Gasteiger partial charge is 0.377 e. The summed E-state index contributed by atoms with van der Waals surface area (Å²) in [6.45, 7) is 3.31. The third kappa shape index (κ3) is 4.29. The van der Waals surface area contributed by atoms with Crippen molar-refractivity contribution in [1.82, 2.24) is 9.97 Å². The van der Waals surface area contributed by atoms with Crippen LogP contribution in [-0.4, -0.2) is 16.6 Å². The van der Waals surface area contributed by atoms with E-state index in [-0.39, 0.29) is 0 Å². The normalized spacial score (nSPS) is 23.9. The molecule has 0 saturated heterocycles. The average Bonchev–Trinajstić information content (AvgIpc) is 2.47. The number of aromatic nitrogens is 2. The molecule has 0 aliphatic heterocycles. The molecular formula is C15H21ClN2O. The second-order valence-corrected chi connectivity index (χ2v) is 5.27. The third-order valence-electron chi connectivity index (χ3n) is 3.68. The fourth-order valence-corrected chi connectivity index (χ4v) is 2.75. The van der Waals surface area contributed by atoms with E-state index in [0.717, 1.165) is 30.8 Å². The van der Waals surface area contributed by atoms with Crippen molar-refractivity contribution >= 4 is 11.6 Å². The Labute approximate surface area is 120 Å². The Morgan fingerprint density at radius 1 is 1.26 bits per heavy atom. The minimum atomic E-state index is 0.501. The van der Waals surface area contributed by atoms with Gasteiger partial charge in [-0.05, 0) is 38.5 Å². The molecule has 1 aliphatic carbocycles. The molecule has 2 rings (SSSR count). The number of hydrogen-bond donors (Lipinski definition) is 0. The Balaban J connectivity index is 1.89. The lowest BCUT2D eigenvalue weighted by atomic mass is 9.82. The molecule has 0 aromatic carbocycles. The highest BCUT2D eigenvalue weighted by Crippen LogP contribution is 2.34. The average molecular weight is 281 g/mol. The van der Waals surface area contributed by atoms with E-state index in [2.05, 4.69) is 16.0 Å². The molecule has 1 aromatic heterocycles. The number of hydrogen-bond acceptors (Lipinski definition) is 3. The minimum absolute atomic E-state index is 0.501. The highest BCUT2D eigenvalue weighted by Gasteiger charge is 2.22. The summed E-state index contributed by atoms with van der Waals surface area (Å²) < 4.78 is 5.35. The Kier molecular flexibility index (Phi) is 5.80. The van der Waals surface area contributed by atoms with Crippen molar-refractivity contribution in [3.05, 3.63) is 35.4 Å². The minimum Gasteiger partial charge on any atom is -0.377 e. The van der Waals surface area contributed by atoms with Crippen LogP contribution in [0.5, 0.6) is 0 Å². The molecule has 104 valence electrons. The van der Waals surface area contributed by atoms with Gasteiger partial charge in [0.05, 0.1) is 6.61 Å². The molecule has 0 bridgehead atoms. The van der Waals surface area contributed by atoms with Crippen LogP contribution < -0.4 is 0 Å². The molecule has 1 heterocycles. The Bertz CT molecular complexity index is 397. The first kappa shape index (κ1) is 14.5. The Hall–Kier alpha value is -0.930. The molecule has 1 saturated carbocycles. The second-order valence-electron chi connectivity index (χ2n) is 5.02. The lowest BCUT2D eigenvalue weighted by Gasteiger charge is -2.25. The SMILES string of the molecule is CCOCc1cnc(C2CCC(/C=C/Cl)CC2)nc1. The number of allylic oxidation sites excluding steroid dienone is 1. The van der Waals surface area contributed by atoms with Crippen LogP contribution in [0.3, 0.4) is 0 Å². The van der Waals surface area contributed by atoms with Crippen LogP contribution in [-0.2, 0) is 11.3 Å². The van der Waals surface area contributed by atoms with Crippen LogP contribution in [0.1, 0.15) is 49.9 Å². The van der Waals surface area contributed by atoms with Gasteiger partial charge >= 0.3 is 0 Å². The van der Waals surface area contributed by atoms with E-state index in [9.17, 15) is 0 Å². The molecule has 4 heteroatoms. The van der Waals surface area contributed by atoms with Gasteiger partial charge in [-0.1, -0.05) is 17.7 Å². The Morgan fingerprint density at radius 2 is 1.95 bits per heavy atom. The lowest BCUT2D eigenvalue weighted by molar-refractivity contribution is 0.133. The van der Waals surface area contributed by atoms with Crippen molar-refractivity contribution < 1.29 is 4.74 Å². The number of nitrogens with zero attached hydrogens (tertiary/aromatic N) is 2. The zero-order valence-corrected chi connectivity index (χ0v) is 12.1. The van der Waals surface area contributed by atoms with Gasteiger partial charge in [0.15, 0.2) is 0 Å². The topological polar surface area (TPSA) is 35.0 Å². The van der Waals surface area contributed by atoms with E-state index in [4.69, 9.17) is 16.3 Å². The van der Waals surface area contributed by atoms with Gasteiger partial charge in [0.1, 0.15) is 5.82 Å². The fourth-order valence-electron chi connectivity index (χ4n) is 2.54. The summed E-state index contributed by atoms with van der Waals surface area (Å²) in [5, 5.41) is 0. The molecule has 19 heavy (non-hydrogen) atoms. The molecule has 0 amide bonds. The maximum absolute atomic E-state index is 5.63. The Morgan fingerprint density at radius 3 is 2.53 bits per heavy atom. The van der Waals surface area contributed by atoms with Gasteiger partial charge in [-0.15, -0.1) is 0 Å². The quantitative estimate of drug-likeness (QED) is 0.816. The van der Waals surface area contributed by atoms with Crippen LogP contribution in [0.2, 0.25) is 0 Å². The van der Waals surface area contributed by atoms with Crippen LogP contribution >= 0.6 is 11.6 Å². The molecule has 0 spiro atoms. The highest BCUT2D eigenvalue weighted by atomic mass is 35.5. The summed E-state index contributed by atoms with van der Waals surface area (Å²) in [7, 11) is 0. The maximum Gasteiger partial charge on any atom is 0.131 e. The molecule has 1 aromatic rings. The van der Waals surface area contributed by atoms with Crippen molar-refractivity contribution in [2.75, 3.05) is 6.61 Å². The summed E-state index contributed by atoms with van der Waals surface area (Å²) >= 11 is 5.63. The molecule has 1 aliphatic rings. The van der Waals surface area contributed by atoms with Gasteiger partial charge in [-0.2, -0.15) is 0 Å². The van der Waals surface area contributed by atoms with E-state index < -0.39 is 0 Å². The number of rotatable bonds is 5. The van der Waals surface area contributed by atoms with Crippen LogP contribution in [0.15, 0.2) is 24.0 Å². The van der Waals surface area contributed by atoms with Gasteiger partial charge in [-0.25, -0.2) is 9.97 Å². The van der Waals surface area contributed by atoms with Gasteiger partial charge in [-0.3, -0.25) is 0 Å². The van der Waals surface area contributed by atoms with Gasteiger partial charge in [0, 0.05) is 36.0 Å². The second kappa shape index (κ2) is 7.61. The number of ether oxygens (including phenoxy) is 1. The zero-order valence-electron chi connectivity index (χ0n) is 11.4. The van der Waals surface area contributed by atoms with Crippen LogP contribution in [0.4, 0.5) is 0 Å². The number of halogens is 1. The maximum atomic E-state index is 5.63. The molecule has 0 radical (unpaired) electrons. The van der Waals surface area contributed by atoms with Crippen LogP contribution in [0, 0.1) is 5.92 Å². The summed E-state index contributed by atoms with van der Waals surface area (Å²) in [4.78, 5) is 8.98. The first-order valence-corrected chi connectivity index (χ1v) is 7.42. The smallest absolute Gasteiger partial charge is 0.131 e. The molecule has 0 atom stereocenters. The summed E-state index contributed by atoms with van der Waals surface area (Å²) in [6.07, 6.45) is 10.5. The fraction of sp³-hybridized carbons (Fsp3) is 0.600. The van der Waals surface area contributed by atoms with Gasteiger partial charge in [0.25, 0.3) is 0 Å². The zero-order chi connectivity index (χ0) is 13.5. The lowest BCUT2D eigenvalue weighted by Crippen LogP contribution is -2.14. The van der Waals surface area contributed by atoms with E-state index in [1.807, 2.05) is 19.3 Å². The van der Waals surface area contributed by atoms with Crippen molar-refractivity contribution in [2.45, 2.75) is 45.1 Å². The van der Waals surface area contributed by atoms with E-state index >= 15 is 0 Å². The monoisotopic (exact) mass is 280 g/mol. The standard InChI is InChI=1S/C15H21ClN2O/c1-2-19-11-13-9-17-15(18-10-13)14-5-3-12(4-6-14)7-8-16/h7-10,12,14H,2-6,11H2,1H3/b8-7+. The van der Waals surface area contributed by atoms with Crippen molar-refractivity contribution in [3.8, 4) is 0 Å². The summed E-state index contributed by atoms with van der Waals surface area (Å²) in [5.74, 6) is 2.11.